The van der Waals surface area contributed by atoms with E-state index in [4.69, 9.17) is 4.42 Å². The molecule has 2 heteroatoms. The van der Waals surface area contributed by atoms with Crippen LogP contribution in [-0.4, -0.2) is 13.1 Å². The van der Waals surface area contributed by atoms with Crippen LogP contribution in [0.25, 0.3) is 0 Å². The van der Waals surface area contributed by atoms with Gasteiger partial charge in [-0.25, -0.2) is 0 Å². The Hall–Kier alpha value is -0.760. The zero-order chi connectivity index (χ0) is 8.93. The molecular formula is C11H17NO. The van der Waals surface area contributed by atoms with Gasteiger partial charge in [0.15, 0.2) is 0 Å². The maximum atomic E-state index is 5.25. The van der Waals surface area contributed by atoms with Gasteiger partial charge in [-0.05, 0) is 50.4 Å². The van der Waals surface area contributed by atoms with Gasteiger partial charge in [-0.2, -0.15) is 0 Å². The summed E-state index contributed by atoms with van der Waals surface area (Å²) in [5, 5.41) is 3.47. The van der Waals surface area contributed by atoms with Gasteiger partial charge in [0.25, 0.3) is 0 Å². The van der Waals surface area contributed by atoms with Crippen molar-refractivity contribution in [3.05, 3.63) is 24.2 Å². The van der Waals surface area contributed by atoms with Crippen molar-refractivity contribution in [3.8, 4) is 0 Å². The molecule has 0 bridgehead atoms. The van der Waals surface area contributed by atoms with E-state index in [0.29, 0.717) is 0 Å². The number of nitrogens with one attached hydrogen (secondary N) is 1. The number of hydrogen-bond donors (Lipinski definition) is 1. The molecule has 0 spiro atoms. The Labute approximate surface area is 79.3 Å². The van der Waals surface area contributed by atoms with E-state index in [1.165, 1.54) is 25.8 Å². The van der Waals surface area contributed by atoms with Crippen LogP contribution in [0.4, 0.5) is 0 Å². The van der Waals surface area contributed by atoms with Gasteiger partial charge in [-0.3, -0.25) is 0 Å². The average Bonchev–Trinajstić information content (AvgIpc) is 2.81. The van der Waals surface area contributed by atoms with Gasteiger partial charge >= 0.3 is 0 Å². The van der Waals surface area contributed by atoms with Gasteiger partial charge in [-0.1, -0.05) is 0 Å². The standard InChI is InChI=1S/C11H17NO/c1(3-11-4-2-8-13-11)7-12-9-10-5-6-10/h2,4,8,10,12H,1,3,5-7,9H2. The molecule has 0 aliphatic heterocycles. The van der Waals surface area contributed by atoms with Crippen molar-refractivity contribution in [2.45, 2.75) is 25.7 Å². The first-order chi connectivity index (χ1) is 6.45. The van der Waals surface area contributed by atoms with E-state index in [1.807, 2.05) is 12.1 Å². The lowest BCUT2D eigenvalue weighted by atomic mass is 10.2. The van der Waals surface area contributed by atoms with Crippen molar-refractivity contribution in [1.29, 1.82) is 0 Å². The lowest BCUT2D eigenvalue weighted by Crippen LogP contribution is -2.18. The van der Waals surface area contributed by atoms with E-state index in [1.54, 1.807) is 6.26 Å². The van der Waals surface area contributed by atoms with Gasteiger partial charge in [0.2, 0.25) is 0 Å². The normalized spacial score (nSPS) is 16.3. The molecule has 0 atom stereocenters. The number of hydrogen-bond acceptors (Lipinski definition) is 2. The summed E-state index contributed by atoms with van der Waals surface area (Å²) in [6.45, 7) is 2.34. The minimum Gasteiger partial charge on any atom is -0.469 e. The minimum absolute atomic E-state index is 0.989. The average molecular weight is 179 g/mol. The molecule has 1 aliphatic rings. The summed E-state index contributed by atoms with van der Waals surface area (Å²) < 4.78 is 5.25. The Bertz CT molecular complexity index is 226. The van der Waals surface area contributed by atoms with Crippen molar-refractivity contribution in [3.63, 3.8) is 0 Å². The molecule has 0 unspecified atom stereocenters. The van der Waals surface area contributed by atoms with Crippen LogP contribution in [0, 0.1) is 5.92 Å². The van der Waals surface area contributed by atoms with Crippen molar-refractivity contribution in [2.24, 2.45) is 5.92 Å². The lowest BCUT2D eigenvalue weighted by Gasteiger charge is -2.01. The molecule has 0 amide bonds. The zero-order valence-corrected chi connectivity index (χ0v) is 7.96. The Morgan fingerprint density at radius 3 is 3.08 bits per heavy atom. The molecule has 1 aliphatic carbocycles. The lowest BCUT2D eigenvalue weighted by molar-refractivity contribution is 0.494. The first-order valence-electron chi connectivity index (χ1n) is 5.18. The van der Waals surface area contributed by atoms with Gasteiger partial charge in [-0.15, -0.1) is 0 Å². The summed E-state index contributed by atoms with van der Waals surface area (Å²) in [4.78, 5) is 0. The highest BCUT2D eigenvalue weighted by atomic mass is 16.3. The fraction of sp³-hybridized carbons (Fsp3) is 0.636. The molecule has 0 aromatic carbocycles. The van der Waals surface area contributed by atoms with Gasteiger partial charge in [0, 0.05) is 6.42 Å². The SMILES string of the molecule is c1coc(CCCNCC2CC2)c1. The third kappa shape index (κ3) is 3.23. The second-order valence-corrected chi connectivity index (χ2v) is 3.83. The summed E-state index contributed by atoms with van der Waals surface area (Å²) in [6, 6.07) is 3.99. The molecule has 0 radical (unpaired) electrons. The summed E-state index contributed by atoms with van der Waals surface area (Å²) >= 11 is 0. The van der Waals surface area contributed by atoms with Crippen LogP contribution in [0.1, 0.15) is 25.0 Å². The molecule has 1 N–H and O–H groups in total. The first-order valence-corrected chi connectivity index (χ1v) is 5.18. The molecule has 72 valence electrons. The molecule has 1 saturated carbocycles. The molecule has 1 fully saturated rings. The Kier molecular flexibility index (Phi) is 3.03. The Morgan fingerprint density at radius 1 is 1.46 bits per heavy atom. The molecule has 2 nitrogen and oxygen atoms in total. The van der Waals surface area contributed by atoms with Crippen LogP contribution in [0.15, 0.2) is 22.8 Å². The van der Waals surface area contributed by atoms with E-state index in [-0.39, 0.29) is 0 Å². The molecule has 1 aromatic heterocycles. The second kappa shape index (κ2) is 4.47. The zero-order valence-electron chi connectivity index (χ0n) is 7.96. The summed E-state index contributed by atoms with van der Waals surface area (Å²) in [6.07, 6.45) is 6.86. The molecule has 1 heterocycles. The topological polar surface area (TPSA) is 25.2 Å². The predicted molar refractivity (Wildman–Crippen MR) is 52.6 cm³/mol. The van der Waals surface area contributed by atoms with E-state index < -0.39 is 0 Å². The van der Waals surface area contributed by atoms with Crippen LogP contribution >= 0.6 is 0 Å². The van der Waals surface area contributed by atoms with Crippen LogP contribution in [0.2, 0.25) is 0 Å². The smallest absolute Gasteiger partial charge is 0.103 e. The number of furan rings is 1. The van der Waals surface area contributed by atoms with Crippen molar-refractivity contribution in [1.82, 2.24) is 5.32 Å². The highest BCUT2D eigenvalue weighted by molar-refractivity contribution is 4.97. The van der Waals surface area contributed by atoms with E-state index in [9.17, 15) is 0 Å². The fourth-order valence-electron chi connectivity index (χ4n) is 1.47. The van der Waals surface area contributed by atoms with Crippen LogP contribution in [0.5, 0.6) is 0 Å². The van der Waals surface area contributed by atoms with Gasteiger partial charge < -0.3 is 9.73 Å². The molecule has 0 saturated heterocycles. The molecule has 13 heavy (non-hydrogen) atoms. The first kappa shape index (κ1) is 8.82. The maximum absolute atomic E-state index is 5.25. The second-order valence-electron chi connectivity index (χ2n) is 3.83. The maximum Gasteiger partial charge on any atom is 0.103 e. The molecule has 2 rings (SSSR count). The fourth-order valence-corrected chi connectivity index (χ4v) is 1.47. The van der Waals surface area contributed by atoms with Gasteiger partial charge in [0.1, 0.15) is 5.76 Å². The van der Waals surface area contributed by atoms with E-state index in [0.717, 1.165) is 24.6 Å². The van der Waals surface area contributed by atoms with Crippen LogP contribution < -0.4 is 5.32 Å². The highest BCUT2D eigenvalue weighted by Gasteiger charge is 2.19. The number of aryl methyl sites for hydroxylation is 1. The third-order valence-corrected chi connectivity index (χ3v) is 2.49. The van der Waals surface area contributed by atoms with Crippen molar-refractivity contribution in [2.75, 3.05) is 13.1 Å². The van der Waals surface area contributed by atoms with Crippen molar-refractivity contribution < 1.29 is 4.42 Å². The number of rotatable bonds is 6. The largest absolute Gasteiger partial charge is 0.469 e. The van der Waals surface area contributed by atoms with E-state index in [2.05, 4.69) is 5.32 Å². The Morgan fingerprint density at radius 2 is 2.38 bits per heavy atom. The van der Waals surface area contributed by atoms with Crippen LogP contribution in [0.3, 0.4) is 0 Å². The van der Waals surface area contributed by atoms with Crippen LogP contribution in [-0.2, 0) is 6.42 Å². The molecule has 1 aromatic rings. The van der Waals surface area contributed by atoms with E-state index >= 15 is 0 Å². The summed E-state index contributed by atoms with van der Waals surface area (Å²) in [7, 11) is 0. The quantitative estimate of drug-likeness (QED) is 0.677. The highest BCUT2D eigenvalue weighted by Crippen LogP contribution is 2.27. The summed E-state index contributed by atoms with van der Waals surface area (Å²) in [5.74, 6) is 2.09. The summed E-state index contributed by atoms with van der Waals surface area (Å²) in [5.41, 5.74) is 0. The third-order valence-electron chi connectivity index (χ3n) is 2.49. The minimum atomic E-state index is 0.989. The monoisotopic (exact) mass is 179 g/mol. The molecular weight excluding hydrogens is 162 g/mol. The van der Waals surface area contributed by atoms with Gasteiger partial charge in [0.05, 0.1) is 6.26 Å². The predicted octanol–water partition coefficient (Wildman–Crippen LogP) is 2.21. The Balaban J connectivity index is 1.48. The van der Waals surface area contributed by atoms with Crippen molar-refractivity contribution >= 4 is 0 Å².